The molecule has 5 rings (SSSR count). The molecule has 1 fully saturated rings. The van der Waals surface area contributed by atoms with Gasteiger partial charge in [0, 0.05) is 64.8 Å². The molecule has 20 heteroatoms. The van der Waals surface area contributed by atoms with Crippen molar-refractivity contribution in [2.24, 2.45) is 11.3 Å². The van der Waals surface area contributed by atoms with Crippen LogP contribution in [-0.2, 0) is 77.1 Å². The van der Waals surface area contributed by atoms with E-state index in [1.54, 1.807) is 105 Å². The second-order valence-electron chi connectivity index (χ2n) is 22.5. The smallest absolute Gasteiger partial charge is 0.330 e. The SMILES string of the molecule is C/C=C/C(=O)OCC(C)(C)C(=O)C(=O)N1CCCC[C@H]1C(=O)OCc1cccc(NC(=O)CCC(=O)NC(C(=O)N[C@@H](Cc2ccc(OCc3ccccc3)cc2)C(=O)N(CCC)CC(=O)N(C)[C@@H](CC(C)C)C(=O)N(C)CC)c2ccccc2)c1. The fraction of sp³-hybridized carbons (Fsp3) is 0.455. The van der Waals surface area contributed by atoms with Crippen molar-refractivity contribution < 1.29 is 62.2 Å². The predicted molar refractivity (Wildman–Crippen MR) is 324 cm³/mol. The van der Waals surface area contributed by atoms with Crippen LogP contribution in [-0.4, -0.2) is 144 Å². The van der Waals surface area contributed by atoms with Gasteiger partial charge in [0.05, 0.1) is 12.0 Å². The summed E-state index contributed by atoms with van der Waals surface area (Å²) in [5.74, 6) is -5.51. The number of ether oxygens (including phenoxy) is 3. The number of nitrogens with zero attached hydrogens (tertiary/aromatic N) is 4. The summed E-state index contributed by atoms with van der Waals surface area (Å²) in [5, 5.41) is 8.44. The highest BCUT2D eigenvalue weighted by Gasteiger charge is 2.42. The fourth-order valence-corrected chi connectivity index (χ4v) is 9.60. The van der Waals surface area contributed by atoms with E-state index in [0.29, 0.717) is 67.0 Å². The number of esters is 2. The van der Waals surface area contributed by atoms with Crippen molar-refractivity contribution in [2.75, 3.05) is 52.2 Å². The van der Waals surface area contributed by atoms with Crippen LogP contribution in [0.5, 0.6) is 5.75 Å². The highest BCUT2D eigenvalue weighted by atomic mass is 16.5. The first-order chi connectivity index (χ1) is 41.0. The number of amides is 7. The molecule has 0 aliphatic carbocycles. The van der Waals surface area contributed by atoms with Crippen LogP contribution in [0, 0.1) is 11.3 Å². The van der Waals surface area contributed by atoms with E-state index in [1.165, 1.54) is 40.7 Å². The maximum atomic E-state index is 14.9. The molecule has 4 atom stereocenters. The fourth-order valence-electron chi connectivity index (χ4n) is 9.60. The van der Waals surface area contributed by atoms with E-state index in [1.807, 2.05) is 58.0 Å². The van der Waals surface area contributed by atoms with Gasteiger partial charge in [-0.2, -0.15) is 0 Å². The maximum absolute atomic E-state index is 14.9. The van der Waals surface area contributed by atoms with E-state index in [0.717, 1.165) is 5.56 Å². The molecule has 0 saturated carbocycles. The van der Waals surface area contributed by atoms with Crippen LogP contribution in [0.1, 0.15) is 122 Å². The third kappa shape index (κ3) is 20.8. The highest BCUT2D eigenvalue weighted by molar-refractivity contribution is 6.38. The van der Waals surface area contributed by atoms with Gasteiger partial charge in [0.1, 0.15) is 49.7 Å². The summed E-state index contributed by atoms with van der Waals surface area (Å²) in [7, 11) is 3.24. The Labute approximate surface area is 505 Å². The van der Waals surface area contributed by atoms with Crippen LogP contribution in [0.3, 0.4) is 0 Å². The van der Waals surface area contributed by atoms with E-state index in [-0.39, 0.29) is 70.4 Å². The van der Waals surface area contributed by atoms with Gasteiger partial charge in [0.2, 0.25) is 41.2 Å². The summed E-state index contributed by atoms with van der Waals surface area (Å²) in [6, 6.07) is 27.4. The Morgan fingerprint density at radius 1 is 0.744 bits per heavy atom. The number of hydrogen-bond donors (Lipinski definition) is 3. The molecule has 1 aliphatic heterocycles. The van der Waals surface area contributed by atoms with Crippen molar-refractivity contribution >= 4 is 64.8 Å². The lowest BCUT2D eigenvalue weighted by Gasteiger charge is -2.35. The van der Waals surface area contributed by atoms with Crippen LogP contribution in [0.2, 0.25) is 0 Å². The molecule has 0 spiro atoms. The summed E-state index contributed by atoms with van der Waals surface area (Å²) < 4.78 is 16.8. The van der Waals surface area contributed by atoms with Crippen molar-refractivity contribution in [1.29, 1.82) is 0 Å². The van der Waals surface area contributed by atoms with Crippen LogP contribution >= 0.6 is 0 Å². The van der Waals surface area contributed by atoms with E-state index >= 15 is 0 Å². The lowest BCUT2D eigenvalue weighted by Crippen LogP contribution is -2.56. The number of carbonyl (C=O) groups is 10. The molecule has 20 nitrogen and oxygen atoms in total. The molecule has 1 aliphatic rings. The third-order valence-electron chi connectivity index (χ3n) is 14.6. The molecule has 1 saturated heterocycles. The molecular formula is C66H85N7O13. The Balaban J connectivity index is 1.27. The van der Waals surface area contributed by atoms with Gasteiger partial charge < -0.3 is 49.8 Å². The number of ketones is 1. The normalized spacial score (nSPS) is 14.2. The van der Waals surface area contributed by atoms with Gasteiger partial charge in [-0.1, -0.05) is 112 Å². The molecule has 1 heterocycles. The second kappa shape index (κ2) is 33.7. The van der Waals surface area contributed by atoms with Gasteiger partial charge in [-0.05, 0) is 112 Å². The van der Waals surface area contributed by atoms with Crippen LogP contribution in [0.4, 0.5) is 5.69 Å². The number of piperidine rings is 1. The number of hydrogen-bond acceptors (Lipinski definition) is 13. The molecule has 4 aromatic rings. The molecule has 86 heavy (non-hydrogen) atoms. The van der Waals surface area contributed by atoms with Crippen LogP contribution < -0.4 is 20.7 Å². The maximum Gasteiger partial charge on any atom is 0.330 e. The number of rotatable bonds is 31. The predicted octanol–water partition coefficient (Wildman–Crippen LogP) is 7.30. The van der Waals surface area contributed by atoms with Gasteiger partial charge in [-0.15, -0.1) is 0 Å². The highest BCUT2D eigenvalue weighted by Crippen LogP contribution is 2.26. The average molecular weight is 1180 g/mol. The molecule has 4 aromatic carbocycles. The first-order valence-electron chi connectivity index (χ1n) is 29.5. The molecule has 462 valence electrons. The summed E-state index contributed by atoms with van der Waals surface area (Å²) >= 11 is 0. The molecule has 0 aromatic heterocycles. The van der Waals surface area contributed by atoms with Gasteiger partial charge in [0.15, 0.2) is 0 Å². The number of nitrogens with one attached hydrogen (secondary N) is 3. The lowest BCUT2D eigenvalue weighted by molar-refractivity contribution is -0.162. The quantitative estimate of drug-likeness (QED) is 0.0255. The van der Waals surface area contributed by atoms with Gasteiger partial charge in [-0.25, -0.2) is 9.59 Å². The Kier molecular flexibility index (Phi) is 26.7. The average Bonchev–Trinajstić information content (AvgIpc) is 3.68. The zero-order valence-corrected chi connectivity index (χ0v) is 51.1. The monoisotopic (exact) mass is 1180 g/mol. The molecule has 1 unspecified atom stereocenters. The minimum atomic E-state index is -1.35. The molecule has 7 amide bonds. The number of likely N-dealkylation sites (N-methyl/N-ethyl adjacent to an activating group) is 2. The van der Waals surface area contributed by atoms with E-state index in [4.69, 9.17) is 14.2 Å². The Morgan fingerprint density at radius 3 is 2.06 bits per heavy atom. The molecule has 0 bridgehead atoms. The molecular weight excluding hydrogens is 1100 g/mol. The van der Waals surface area contributed by atoms with Crippen molar-refractivity contribution in [3.63, 3.8) is 0 Å². The van der Waals surface area contributed by atoms with Gasteiger partial charge in [0.25, 0.3) is 5.91 Å². The zero-order valence-electron chi connectivity index (χ0n) is 51.1. The van der Waals surface area contributed by atoms with Crippen LogP contribution in [0.15, 0.2) is 121 Å². The third-order valence-corrected chi connectivity index (χ3v) is 14.6. The second-order valence-corrected chi connectivity index (χ2v) is 22.5. The minimum absolute atomic E-state index is 0.0103. The number of allylic oxidation sites excluding steroid dienone is 1. The summed E-state index contributed by atoms with van der Waals surface area (Å²) in [6.45, 7) is 12.4. The van der Waals surface area contributed by atoms with E-state index < -0.39 is 82.7 Å². The first kappa shape index (κ1) is 68.1. The standard InChI is InChI=1S/C66H85N7O13/c1-10-22-58(77)86-44-66(6,7)60(78)64(82)73-37-20-19-29-53(73)65(83)85-43-48-25-21-28-50(39-48)67-55(74)34-35-56(75)69-59(49-26-17-14-18-27-49)61(79)68-52(40-46-30-32-51(33-31-46)84-42-47-23-15-13-16-24-47)62(80)72(36-11-2)41-57(76)71(9)54(38-45(4)5)63(81)70(8)12-3/h10,13-18,21-28,30-33,39,45,52-54,59H,11-12,19-20,29,34-38,40-44H2,1-9H3,(H,67,74)(H,68,79)(H,69,75)/b22-10+/t52-,53-,54-,59?/m0/s1. The number of anilines is 1. The van der Waals surface area contributed by atoms with E-state index in [9.17, 15) is 47.9 Å². The van der Waals surface area contributed by atoms with Crippen molar-refractivity contribution in [3.8, 4) is 5.75 Å². The van der Waals surface area contributed by atoms with E-state index in [2.05, 4.69) is 16.0 Å². The minimum Gasteiger partial charge on any atom is -0.489 e. The largest absolute Gasteiger partial charge is 0.489 e. The molecule has 3 N–H and O–H groups in total. The zero-order chi connectivity index (χ0) is 62.9. The van der Waals surface area contributed by atoms with Crippen molar-refractivity contribution in [3.05, 3.63) is 144 Å². The van der Waals surface area contributed by atoms with Crippen molar-refractivity contribution in [2.45, 2.75) is 137 Å². The summed E-state index contributed by atoms with van der Waals surface area (Å²) in [5.41, 5.74) is 1.52. The lowest BCUT2D eigenvalue weighted by atomic mass is 9.87. The summed E-state index contributed by atoms with van der Waals surface area (Å²) in [4.78, 5) is 142. The Hall–Kier alpha value is -8.68. The summed E-state index contributed by atoms with van der Waals surface area (Å²) in [6.07, 6.45) is 4.39. The topological polar surface area (TPSA) is 247 Å². The van der Waals surface area contributed by atoms with Crippen LogP contribution in [0.25, 0.3) is 0 Å². The number of Topliss-reactive ketones (excluding diaryl/α,β-unsaturated/α-hetero) is 1. The Morgan fingerprint density at radius 2 is 1.41 bits per heavy atom. The number of carbonyl (C=O) groups excluding carboxylic acids is 10. The Bertz CT molecular complexity index is 2990. The number of likely N-dealkylation sites (tertiary alicyclic amines) is 1. The molecule has 0 radical (unpaired) electrons. The van der Waals surface area contributed by atoms with Crippen molar-refractivity contribution in [1.82, 2.24) is 30.2 Å². The van der Waals surface area contributed by atoms with Gasteiger partial charge in [-0.3, -0.25) is 38.4 Å². The first-order valence-corrected chi connectivity index (χ1v) is 29.5. The number of benzene rings is 4. The van der Waals surface area contributed by atoms with Gasteiger partial charge >= 0.3 is 11.9 Å².